The van der Waals surface area contributed by atoms with Gasteiger partial charge in [0, 0.05) is 12.2 Å². The van der Waals surface area contributed by atoms with E-state index in [1.165, 1.54) is 13.0 Å². The summed E-state index contributed by atoms with van der Waals surface area (Å²) >= 11 is 0. The number of nitrogens with two attached hydrogens (primary N) is 1. The zero-order valence-corrected chi connectivity index (χ0v) is 10.5. The number of aryl methyl sites for hydroxylation is 1. The van der Waals surface area contributed by atoms with Crippen LogP contribution < -0.4 is 11.1 Å². The van der Waals surface area contributed by atoms with Crippen LogP contribution in [0.1, 0.15) is 32.7 Å². The molecule has 0 unspecified atom stereocenters. The van der Waals surface area contributed by atoms with Crippen LogP contribution in [-0.4, -0.2) is 29.7 Å². The maximum Gasteiger partial charge on any atom is 0.390 e. The minimum atomic E-state index is -4.35. The van der Waals surface area contributed by atoms with Crippen LogP contribution in [0.5, 0.6) is 0 Å². The van der Waals surface area contributed by atoms with Crippen LogP contribution in [0, 0.1) is 6.92 Å². The highest BCUT2D eigenvalue weighted by Crippen LogP contribution is 2.23. The normalized spacial score (nSPS) is 11.2. The van der Waals surface area contributed by atoms with E-state index in [1.54, 1.807) is 0 Å². The van der Waals surface area contributed by atoms with E-state index in [0.29, 0.717) is 5.56 Å². The van der Waals surface area contributed by atoms with Crippen LogP contribution in [0.4, 0.5) is 18.9 Å². The highest BCUT2D eigenvalue weighted by Gasteiger charge is 2.26. The van der Waals surface area contributed by atoms with Crippen molar-refractivity contribution in [2.24, 2.45) is 5.73 Å². The van der Waals surface area contributed by atoms with Crippen LogP contribution in [0.3, 0.4) is 0 Å². The highest BCUT2D eigenvalue weighted by molar-refractivity contribution is 6.01. The van der Waals surface area contributed by atoms with Gasteiger partial charge in [-0.1, -0.05) is 0 Å². The predicted octanol–water partition coefficient (Wildman–Crippen LogP) is 2.16. The Bertz CT molecular complexity index is 541. The van der Waals surface area contributed by atoms with Crippen molar-refractivity contribution in [3.8, 4) is 0 Å². The number of carboxylic acid groups (broad SMARTS) is 1. The summed E-state index contributed by atoms with van der Waals surface area (Å²) in [6.07, 6.45) is -5.46. The van der Waals surface area contributed by atoms with Crippen molar-refractivity contribution in [3.05, 3.63) is 28.8 Å². The Morgan fingerprint density at radius 3 is 2.35 bits per heavy atom. The van der Waals surface area contributed by atoms with Crippen LogP contribution in [0.2, 0.25) is 0 Å². The van der Waals surface area contributed by atoms with E-state index in [4.69, 9.17) is 10.8 Å². The summed E-state index contributed by atoms with van der Waals surface area (Å²) in [7, 11) is 0. The second kappa shape index (κ2) is 5.81. The van der Waals surface area contributed by atoms with Crippen molar-refractivity contribution in [1.29, 1.82) is 0 Å². The number of rotatable bonds is 5. The SMILES string of the molecule is Cc1cc(C(N)=O)c(NCCC(F)(F)F)cc1C(=O)O. The minimum Gasteiger partial charge on any atom is -0.478 e. The fourth-order valence-corrected chi connectivity index (χ4v) is 1.63. The Morgan fingerprint density at radius 1 is 1.30 bits per heavy atom. The molecule has 0 atom stereocenters. The van der Waals surface area contributed by atoms with E-state index in [-0.39, 0.29) is 16.8 Å². The molecule has 1 rings (SSSR count). The molecule has 0 saturated heterocycles. The van der Waals surface area contributed by atoms with Gasteiger partial charge in [0.2, 0.25) is 0 Å². The number of halogens is 3. The quantitative estimate of drug-likeness (QED) is 0.774. The average molecular weight is 290 g/mol. The van der Waals surface area contributed by atoms with E-state index < -0.39 is 31.0 Å². The lowest BCUT2D eigenvalue weighted by atomic mass is 10.0. The van der Waals surface area contributed by atoms with Gasteiger partial charge in [0.05, 0.1) is 17.5 Å². The van der Waals surface area contributed by atoms with Gasteiger partial charge in [0.15, 0.2) is 0 Å². The molecule has 0 bridgehead atoms. The zero-order valence-electron chi connectivity index (χ0n) is 10.5. The van der Waals surface area contributed by atoms with Gasteiger partial charge in [0.25, 0.3) is 5.91 Å². The number of nitrogens with one attached hydrogen (secondary N) is 1. The predicted molar refractivity (Wildman–Crippen MR) is 65.8 cm³/mol. The number of aromatic carboxylic acids is 1. The van der Waals surface area contributed by atoms with E-state index in [1.807, 2.05) is 0 Å². The Hall–Kier alpha value is -2.25. The number of anilines is 1. The van der Waals surface area contributed by atoms with E-state index in [0.717, 1.165) is 6.07 Å². The maximum atomic E-state index is 12.1. The molecule has 0 radical (unpaired) electrons. The van der Waals surface area contributed by atoms with Crippen molar-refractivity contribution < 1.29 is 27.9 Å². The number of hydrogen-bond acceptors (Lipinski definition) is 3. The molecule has 4 N–H and O–H groups in total. The number of benzene rings is 1. The fraction of sp³-hybridized carbons (Fsp3) is 0.333. The maximum absolute atomic E-state index is 12.1. The third-order valence-corrected chi connectivity index (χ3v) is 2.58. The molecule has 20 heavy (non-hydrogen) atoms. The molecule has 1 amide bonds. The molecule has 110 valence electrons. The molecule has 5 nitrogen and oxygen atoms in total. The largest absolute Gasteiger partial charge is 0.478 e. The number of primary amides is 1. The number of alkyl halides is 3. The lowest BCUT2D eigenvalue weighted by Gasteiger charge is -2.13. The summed E-state index contributed by atoms with van der Waals surface area (Å²) in [6.45, 7) is 0.987. The Labute approximate surface area is 112 Å². The van der Waals surface area contributed by atoms with Gasteiger partial charge in [-0.05, 0) is 24.6 Å². The molecule has 0 aliphatic rings. The first-order chi connectivity index (χ1) is 9.11. The van der Waals surface area contributed by atoms with Crippen LogP contribution in [0.15, 0.2) is 12.1 Å². The molecule has 0 saturated carbocycles. The molecule has 0 heterocycles. The molecule has 1 aromatic rings. The Balaban J connectivity index is 3.05. The minimum absolute atomic E-state index is 0.0234. The number of carbonyl (C=O) groups excluding carboxylic acids is 1. The van der Waals surface area contributed by atoms with Gasteiger partial charge in [-0.25, -0.2) is 4.79 Å². The first-order valence-electron chi connectivity index (χ1n) is 5.60. The average Bonchev–Trinajstić information content (AvgIpc) is 2.28. The lowest BCUT2D eigenvalue weighted by Crippen LogP contribution is -2.19. The Morgan fingerprint density at radius 2 is 1.90 bits per heavy atom. The summed E-state index contributed by atoms with van der Waals surface area (Å²) in [4.78, 5) is 22.2. The smallest absolute Gasteiger partial charge is 0.390 e. The van der Waals surface area contributed by atoms with Crippen molar-refractivity contribution >= 4 is 17.6 Å². The third kappa shape index (κ3) is 4.15. The van der Waals surface area contributed by atoms with Crippen molar-refractivity contribution in [3.63, 3.8) is 0 Å². The number of carboxylic acids is 1. The number of amides is 1. The van der Waals surface area contributed by atoms with Gasteiger partial charge in [-0.15, -0.1) is 0 Å². The number of hydrogen-bond donors (Lipinski definition) is 3. The molecule has 0 aromatic heterocycles. The first-order valence-corrected chi connectivity index (χ1v) is 5.60. The molecular weight excluding hydrogens is 277 g/mol. The van der Waals surface area contributed by atoms with Crippen molar-refractivity contribution in [2.45, 2.75) is 19.5 Å². The standard InChI is InChI=1S/C12H13F3N2O3/c1-6-4-8(10(16)18)9(5-7(6)11(19)20)17-3-2-12(13,14)15/h4-5,17H,2-3H2,1H3,(H2,16,18)(H,19,20). The van der Waals surface area contributed by atoms with Crippen LogP contribution in [0.25, 0.3) is 0 Å². The topological polar surface area (TPSA) is 92.4 Å². The molecule has 0 aliphatic carbocycles. The summed E-state index contributed by atoms with van der Waals surface area (Å²) in [5.74, 6) is -2.09. The van der Waals surface area contributed by atoms with E-state index in [2.05, 4.69) is 5.32 Å². The van der Waals surface area contributed by atoms with Gasteiger partial charge in [0.1, 0.15) is 0 Å². The number of carbonyl (C=O) groups is 2. The molecule has 8 heteroatoms. The summed E-state index contributed by atoms with van der Waals surface area (Å²) in [6, 6.07) is 2.34. The monoisotopic (exact) mass is 290 g/mol. The van der Waals surface area contributed by atoms with Gasteiger partial charge < -0.3 is 16.2 Å². The Kier molecular flexibility index (Phi) is 4.59. The molecule has 1 aromatic carbocycles. The van der Waals surface area contributed by atoms with Gasteiger partial charge in [-0.3, -0.25) is 4.79 Å². The van der Waals surface area contributed by atoms with E-state index >= 15 is 0 Å². The second-order valence-corrected chi connectivity index (χ2v) is 4.17. The first kappa shape index (κ1) is 15.8. The van der Waals surface area contributed by atoms with Crippen LogP contribution in [-0.2, 0) is 0 Å². The molecule has 0 spiro atoms. The van der Waals surface area contributed by atoms with Gasteiger partial charge in [-0.2, -0.15) is 13.2 Å². The highest BCUT2D eigenvalue weighted by atomic mass is 19.4. The summed E-state index contributed by atoms with van der Waals surface area (Å²) in [5.41, 5.74) is 5.24. The van der Waals surface area contributed by atoms with Crippen molar-refractivity contribution in [1.82, 2.24) is 0 Å². The van der Waals surface area contributed by atoms with E-state index in [9.17, 15) is 22.8 Å². The second-order valence-electron chi connectivity index (χ2n) is 4.17. The molecule has 0 fully saturated rings. The van der Waals surface area contributed by atoms with Gasteiger partial charge >= 0.3 is 12.1 Å². The lowest BCUT2D eigenvalue weighted by molar-refractivity contribution is -0.131. The molecular formula is C12H13F3N2O3. The third-order valence-electron chi connectivity index (χ3n) is 2.58. The summed E-state index contributed by atoms with van der Waals surface area (Å²) in [5, 5.41) is 11.3. The fourth-order valence-electron chi connectivity index (χ4n) is 1.63. The zero-order chi connectivity index (χ0) is 15.5. The van der Waals surface area contributed by atoms with Crippen LogP contribution >= 0.6 is 0 Å². The van der Waals surface area contributed by atoms with Crippen molar-refractivity contribution in [2.75, 3.05) is 11.9 Å². The molecule has 0 aliphatic heterocycles. The summed E-state index contributed by atoms with van der Waals surface area (Å²) < 4.78 is 36.2.